The molecule has 22 heavy (non-hydrogen) atoms. The zero-order chi connectivity index (χ0) is 16.3. The SMILES string of the molecule is O=[N+]([O-])c1ncccc1SCc1cc(Cl)ccc1C(F)(F)F. The first-order valence-corrected chi connectivity index (χ1v) is 7.23. The van der Waals surface area contributed by atoms with Crippen LogP contribution in [-0.4, -0.2) is 9.91 Å². The number of pyridine rings is 1. The number of hydrogen-bond acceptors (Lipinski definition) is 4. The number of nitrogens with zero attached hydrogens (tertiary/aromatic N) is 2. The highest BCUT2D eigenvalue weighted by Gasteiger charge is 2.33. The van der Waals surface area contributed by atoms with E-state index in [4.69, 9.17) is 11.6 Å². The fourth-order valence-electron chi connectivity index (χ4n) is 1.75. The van der Waals surface area contributed by atoms with Crippen LogP contribution in [0.15, 0.2) is 41.4 Å². The van der Waals surface area contributed by atoms with Gasteiger partial charge in [-0.3, -0.25) is 0 Å². The van der Waals surface area contributed by atoms with E-state index in [1.807, 2.05) is 0 Å². The van der Waals surface area contributed by atoms with Gasteiger partial charge >= 0.3 is 12.0 Å². The lowest BCUT2D eigenvalue weighted by atomic mass is 10.1. The van der Waals surface area contributed by atoms with Crippen LogP contribution in [0.1, 0.15) is 11.1 Å². The quantitative estimate of drug-likeness (QED) is 0.445. The molecule has 0 N–H and O–H groups in total. The molecule has 9 heteroatoms. The number of halogens is 4. The zero-order valence-corrected chi connectivity index (χ0v) is 12.4. The molecule has 0 radical (unpaired) electrons. The van der Waals surface area contributed by atoms with Crippen molar-refractivity contribution < 1.29 is 18.1 Å². The number of alkyl halides is 3. The number of thioether (sulfide) groups is 1. The van der Waals surface area contributed by atoms with Crippen LogP contribution in [0.25, 0.3) is 0 Å². The second kappa shape index (κ2) is 6.53. The van der Waals surface area contributed by atoms with E-state index in [1.165, 1.54) is 24.4 Å². The van der Waals surface area contributed by atoms with Crippen molar-refractivity contribution >= 4 is 29.2 Å². The molecule has 0 spiro atoms. The Kier molecular flexibility index (Phi) is 4.92. The van der Waals surface area contributed by atoms with Crippen molar-refractivity contribution in [3.8, 4) is 0 Å². The molecule has 0 fully saturated rings. The molecular weight excluding hydrogens is 341 g/mol. The molecule has 1 heterocycles. The van der Waals surface area contributed by atoms with Gasteiger partial charge in [0.2, 0.25) is 0 Å². The standard InChI is InChI=1S/C13H8ClF3N2O2S/c14-9-3-4-10(13(15,16)17)8(6-9)7-22-11-2-1-5-18-12(11)19(20)21/h1-6H,7H2. The Morgan fingerprint density at radius 3 is 2.68 bits per heavy atom. The van der Waals surface area contributed by atoms with E-state index >= 15 is 0 Å². The Morgan fingerprint density at radius 2 is 2.05 bits per heavy atom. The molecule has 0 unspecified atom stereocenters. The maximum Gasteiger partial charge on any atom is 0.416 e. The van der Waals surface area contributed by atoms with Gasteiger partial charge in [-0.25, -0.2) is 0 Å². The zero-order valence-electron chi connectivity index (χ0n) is 10.8. The van der Waals surface area contributed by atoms with Crippen LogP contribution >= 0.6 is 23.4 Å². The van der Waals surface area contributed by atoms with E-state index in [0.29, 0.717) is 0 Å². The fourth-order valence-corrected chi connectivity index (χ4v) is 2.92. The Labute approximate surface area is 132 Å². The van der Waals surface area contributed by atoms with Crippen LogP contribution in [-0.2, 0) is 11.9 Å². The summed E-state index contributed by atoms with van der Waals surface area (Å²) in [4.78, 5) is 14.0. The van der Waals surface area contributed by atoms with Crippen molar-refractivity contribution in [2.45, 2.75) is 16.8 Å². The van der Waals surface area contributed by atoms with Gasteiger partial charge in [-0.2, -0.15) is 13.2 Å². The van der Waals surface area contributed by atoms with Crippen molar-refractivity contribution in [3.05, 3.63) is 62.8 Å². The summed E-state index contributed by atoms with van der Waals surface area (Å²) in [6.07, 6.45) is -3.26. The first-order valence-electron chi connectivity index (χ1n) is 5.87. The first kappa shape index (κ1) is 16.6. The number of rotatable bonds is 4. The second-order valence-corrected chi connectivity index (χ2v) is 5.62. The predicted molar refractivity (Wildman–Crippen MR) is 76.9 cm³/mol. The highest BCUT2D eigenvalue weighted by atomic mass is 35.5. The molecule has 2 aromatic rings. The van der Waals surface area contributed by atoms with Crippen LogP contribution < -0.4 is 0 Å². The Morgan fingerprint density at radius 1 is 1.32 bits per heavy atom. The summed E-state index contributed by atoms with van der Waals surface area (Å²) in [7, 11) is 0. The summed E-state index contributed by atoms with van der Waals surface area (Å²) in [5, 5.41) is 11.0. The third-order valence-corrected chi connectivity index (χ3v) is 4.00. The summed E-state index contributed by atoms with van der Waals surface area (Å²) in [6, 6.07) is 6.19. The molecule has 0 saturated heterocycles. The molecule has 0 atom stereocenters. The molecule has 0 aliphatic heterocycles. The number of nitro groups is 1. The highest BCUT2D eigenvalue weighted by molar-refractivity contribution is 7.98. The van der Waals surface area contributed by atoms with Gasteiger partial charge in [0.1, 0.15) is 11.1 Å². The summed E-state index contributed by atoms with van der Waals surface area (Å²) in [6.45, 7) is 0. The second-order valence-electron chi connectivity index (χ2n) is 4.17. The van der Waals surface area contributed by atoms with E-state index in [1.54, 1.807) is 0 Å². The normalized spacial score (nSPS) is 11.5. The monoisotopic (exact) mass is 348 g/mol. The largest absolute Gasteiger partial charge is 0.416 e. The molecule has 1 aromatic heterocycles. The number of aromatic nitrogens is 1. The average molecular weight is 349 g/mol. The first-order chi connectivity index (χ1) is 10.3. The molecular formula is C13H8ClF3N2O2S. The van der Waals surface area contributed by atoms with Crippen molar-refractivity contribution in [2.75, 3.05) is 0 Å². The van der Waals surface area contributed by atoms with Gasteiger partial charge in [0, 0.05) is 10.8 Å². The van der Waals surface area contributed by atoms with Gasteiger partial charge in [-0.05, 0) is 45.8 Å². The van der Waals surface area contributed by atoms with Crippen molar-refractivity contribution in [1.29, 1.82) is 0 Å². The molecule has 0 aliphatic carbocycles. The Balaban J connectivity index is 2.29. The van der Waals surface area contributed by atoms with Crippen LogP contribution in [0.2, 0.25) is 5.02 Å². The van der Waals surface area contributed by atoms with Gasteiger partial charge in [0.15, 0.2) is 0 Å². The van der Waals surface area contributed by atoms with Crippen molar-refractivity contribution in [1.82, 2.24) is 4.98 Å². The molecule has 0 saturated carbocycles. The molecule has 0 bridgehead atoms. The van der Waals surface area contributed by atoms with E-state index in [9.17, 15) is 23.3 Å². The van der Waals surface area contributed by atoms with E-state index in [-0.39, 0.29) is 27.1 Å². The molecule has 4 nitrogen and oxygen atoms in total. The van der Waals surface area contributed by atoms with Crippen LogP contribution in [0.3, 0.4) is 0 Å². The average Bonchev–Trinajstić information content (AvgIpc) is 2.44. The summed E-state index contributed by atoms with van der Waals surface area (Å²) >= 11 is 6.64. The van der Waals surface area contributed by atoms with Gasteiger partial charge in [0.05, 0.1) is 5.56 Å². The Bertz CT molecular complexity index is 710. The molecule has 0 aliphatic rings. The van der Waals surface area contributed by atoms with E-state index < -0.39 is 16.7 Å². The predicted octanol–water partition coefficient (Wildman–Crippen LogP) is 4.95. The molecule has 116 valence electrons. The third kappa shape index (κ3) is 3.89. The van der Waals surface area contributed by atoms with E-state index in [0.717, 1.165) is 23.9 Å². The lowest BCUT2D eigenvalue weighted by Gasteiger charge is -2.13. The number of benzene rings is 1. The summed E-state index contributed by atoms with van der Waals surface area (Å²) < 4.78 is 38.8. The minimum atomic E-state index is -4.51. The minimum absolute atomic E-state index is 0.0387. The molecule has 1 aromatic carbocycles. The van der Waals surface area contributed by atoms with Gasteiger partial charge in [-0.1, -0.05) is 11.6 Å². The fraction of sp³-hybridized carbons (Fsp3) is 0.154. The topological polar surface area (TPSA) is 56.0 Å². The van der Waals surface area contributed by atoms with Crippen LogP contribution in [0.4, 0.5) is 19.0 Å². The summed E-state index contributed by atoms with van der Waals surface area (Å²) in [5.41, 5.74) is -0.848. The maximum absolute atomic E-state index is 12.9. The van der Waals surface area contributed by atoms with E-state index in [2.05, 4.69) is 4.98 Å². The molecule has 2 rings (SSSR count). The highest BCUT2D eigenvalue weighted by Crippen LogP contribution is 2.37. The lowest BCUT2D eigenvalue weighted by Crippen LogP contribution is -2.08. The number of hydrogen-bond donors (Lipinski definition) is 0. The summed E-state index contributed by atoms with van der Waals surface area (Å²) in [5.74, 6) is -0.495. The third-order valence-electron chi connectivity index (χ3n) is 2.68. The Hall–Kier alpha value is -1.80. The lowest BCUT2D eigenvalue weighted by molar-refractivity contribution is -0.392. The van der Waals surface area contributed by atoms with Crippen molar-refractivity contribution in [3.63, 3.8) is 0 Å². The smallest absolute Gasteiger partial charge is 0.358 e. The minimum Gasteiger partial charge on any atom is -0.358 e. The van der Waals surface area contributed by atoms with Gasteiger partial charge in [-0.15, -0.1) is 11.8 Å². The maximum atomic E-state index is 12.9. The van der Waals surface area contributed by atoms with Crippen LogP contribution in [0.5, 0.6) is 0 Å². The van der Waals surface area contributed by atoms with Crippen molar-refractivity contribution in [2.24, 2.45) is 0 Å². The van der Waals surface area contributed by atoms with Gasteiger partial charge < -0.3 is 10.1 Å². The van der Waals surface area contributed by atoms with Gasteiger partial charge in [0.25, 0.3) is 0 Å². The molecule has 0 amide bonds. The van der Waals surface area contributed by atoms with Crippen LogP contribution in [0, 0.1) is 10.1 Å².